The monoisotopic (exact) mass is 1050 g/mol. The zero-order valence-corrected chi connectivity index (χ0v) is 46.1. The molecule has 0 radical (unpaired) electrons. The second kappa shape index (κ2) is 29.3. The number of carbonyl (C=O) groups is 5. The van der Waals surface area contributed by atoms with Gasteiger partial charge in [0, 0.05) is 58.7 Å². The molecule has 0 aliphatic carbocycles. The first-order valence-electron chi connectivity index (χ1n) is 26.9. The normalized spacial score (nSPS) is 33.5. The number of hydrogen-bond donors (Lipinski definition) is 2. The number of carbonyl (C=O) groups excluding carboxylic acids is 5. The van der Waals surface area contributed by atoms with Gasteiger partial charge in [-0.25, -0.2) is 0 Å². The molecule has 0 amide bonds. The van der Waals surface area contributed by atoms with Gasteiger partial charge in [-0.15, -0.1) is 0 Å². The van der Waals surface area contributed by atoms with Crippen LogP contribution in [-0.4, -0.2) is 170 Å². The lowest BCUT2D eigenvalue weighted by molar-refractivity contribution is -0.319. The second-order valence-electron chi connectivity index (χ2n) is 21.2. The lowest BCUT2D eigenvalue weighted by atomic mass is 9.71. The van der Waals surface area contributed by atoms with Crippen molar-refractivity contribution in [1.29, 1.82) is 0 Å². The number of hydrogen-bond acceptors (Lipinski definition) is 18. The van der Waals surface area contributed by atoms with Crippen LogP contribution in [0.15, 0.2) is 54.6 Å². The Morgan fingerprint density at radius 1 is 0.920 bits per heavy atom. The highest BCUT2D eigenvalue weighted by Gasteiger charge is 2.56. The first-order valence-corrected chi connectivity index (χ1v) is 26.9. The molecular formula is C57H86N2O16. The Labute approximate surface area is 444 Å². The molecule has 2 N–H and O–H groups in total. The summed E-state index contributed by atoms with van der Waals surface area (Å²) in [4.78, 5) is 69.1. The minimum atomic E-state index is -1.36. The van der Waals surface area contributed by atoms with Gasteiger partial charge in [0.1, 0.15) is 43.1 Å². The highest BCUT2D eigenvalue weighted by Crippen LogP contribution is 2.43. The zero-order chi connectivity index (χ0) is 55.0. The Kier molecular flexibility index (Phi) is 23.9. The van der Waals surface area contributed by atoms with Gasteiger partial charge in [-0.1, -0.05) is 69.3 Å². The predicted molar refractivity (Wildman–Crippen MR) is 277 cm³/mol. The van der Waals surface area contributed by atoms with Gasteiger partial charge >= 0.3 is 23.9 Å². The standard InChI is InChI=1S/C57H86N2O16/c1-12-46(63)72-45-31-48(65)69-36(4)25-28-59(27-19-23-41-22-17-18-24-44(41)68-34-40-20-15-14-16-21-40)33-43(62)35(3)30-42(26-29-60)50(54(45)67-11)55-52(66)51(58(9)10)53(37(5)71-55)74-49-32-57(8,75-39(7)61)56(38(6)70-49)73-47(64)13-2/h14-18,20-22,24,29,35-38,42-43,45,49-56,62,66H,12-13,19,23,25-28,30-34H2,1-11H3/t35-,36-,37-,38+,42+,43+,45-,49-,50+,51-,52-,53-,54-,55+,56+,57-/m1/s1. The molecule has 0 unspecified atom stereocenters. The lowest BCUT2D eigenvalue weighted by Gasteiger charge is -2.53. The summed E-state index contributed by atoms with van der Waals surface area (Å²) >= 11 is 0. The van der Waals surface area contributed by atoms with E-state index in [1.165, 1.54) is 14.0 Å². The maximum absolute atomic E-state index is 14.0. The van der Waals surface area contributed by atoms with Crippen molar-refractivity contribution in [2.24, 2.45) is 17.8 Å². The van der Waals surface area contributed by atoms with Crippen molar-refractivity contribution < 1.29 is 76.8 Å². The van der Waals surface area contributed by atoms with Crippen molar-refractivity contribution >= 4 is 30.2 Å². The van der Waals surface area contributed by atoms with Gasteiger partial charge in [-0.05, 0) is 103 Å². The molecule has 0 aromatic heterocycles. The SMILES string of the molecule is CCC(=O)O[C@@H]1CC(=O)O[C@H](C)CCN(CCCc2ccccc2OCc2ccccc2)C[C@H](O)[C@H](C)C[C@H](CC=O)[C@H]([C@@H]2O[C@H](C)[C@@H](O[C@@H]3C[C@@](C)(OC(C)=O)[C@@H](OC(=O)CC)[C@H](C)O3)[C@H](N(C)C)[C@H]2O)[C@@H]1OC. The molecule has 18 nitrogen and oxygen atoms in total. The third-order valence-electron chi connectivity index (χ3n) is 15.0. The van der Waals surface area contributed by atoms with E-state index in [4.69, 9.17) is 42.6 Å². The van der Waals surface area contributed by atoms with Crippen LogP contribution in [0.1, 0.15) is 118 Å². The van der Waals surface area contributed by atoms with Crippen molar-refractivity contribution in [1.82, 2.24) is 9.80 Å². The van der Waals surface area contributed by atoms with Crippen LogP contribution >= 0.6 is 0 Å². The van der Waals surface area contributed by atoms with Crippen LogP contribution in [0.5, 0.6) is 5.75 Å². The van der Waals surface area contributed by atoms with Gasteiger partial charge in [0.05, 0.1) is 43.0 Å². The molecule has 5 rings (SSSR count). The average molecular weight is 1060 g/mol. The van der Waals surface area contributed by atoms with Gasteiger partial charge in [0.15, 0.2) is 18.0 Å². The highest BCUT2D eigenvalue weighted by molar-refractivity contribution is 5.73. The fourth-order valence-corrected chi connectivity index (χ4v) is 11.2. The highest BCUT2D eigenvalue weighted by atomic mass is 16.7. The van der Waals surface area contributed by atoms with Gasteiger partial charge in [-0.3, -0.25) is 19.2 Å². The Bertz CT molecular complexity index is 2110. The number of esters is 4. The number of ether oxygens (including phenoxy) is 9. The maximum atomic E-state index is 14.0. The van der Waals surface area contributed by atoms with Crippen molar-refractivity contribution in [3.8, 4) is 5.75 Å². The van der Waals surface area contributed by atoms with Gasteiger partial charge < -0.3 is 67.4 Å². The third kappa shape index (κ3) is 17.2. The first-order chi connectivity index (χ1) is 35.7. The number of cyclic esters (lactones) is 1. The largest absolute Gasteiger partial charge is 0.489 e. The summed E-state index contributed by atoms with van der Waals surface area (Å²) in [6.45, 7) is 15.3. The van der Waals surface area contributed by atoms with Crippen LogP contribution in [-0.2, 0) is 74.9 Å². The van der Waals surface area contributed by atoms with E-state index in [9.17, 15) is 34.2 Å². The maximum Gasteiger partial charge on any atom is 0.309 e. The number of benzene rings is 2. The number of β-amino-alcohol motifs (C(OH)–C–C–N with tert-alkyl or cyclic N) is 1. The number of aldehydes is 1. The fourth-order valence-electron chi connectivity index (χ4n) is 11.2. The first kappa shape index (κ1) is 61.3. The van der Waals surface area contributed by atoms with Gasteiger partial charge in [0.2, 0.25) is 0 Å². The van der Waals surface area contributed by atoms with E-state index in [0.29, 0.717) is 32.7 Å². The molecule has 0 spiro atoms. The summed E-state index contributed by atoms with van der Waals surface area (Å²) in [5.74, 6) is -3.46. The molecule has 3 aliphatic heterocycles. The number of rotatable bonds is 19. The van der Waals surface area contributed by atoms with Crippen LogP contribution in [0, 0.1) is 17.8 Å². The van der Waals surface area contributed by atoms with Crippen LogP contribution < -0.4 is 4.74 Å². The molecule has 3 aliphatic rings. The molecule has 75 heavy (non-hydrogen) atoms. The number of aliphatic hydroxyl groups is 2. The summed E-state index contributed by atoms with van der Waals surface area (Å²) < 4.78 is 56.1. The van der Waals surface area contributed by atoms with Crippen molar-refractivity contribution in [3.05, 3.63) is 65.7 Å². The van der Waals surface area contributed by atoms with Gasteiger partial charge in [-0.2, -0.15) is 0 Å². The number of methoxy groups -OCH3 is 1. The van der Waals surface area contributed by atoms with Gasteiger partial charge in [0.25, 0.3) is 0 Å². The minimum absolute atomic E-state index is 0.00632. The van der Waals surface area contributed by atoms with Crippen LogP contribution in [0.4, 0.5) is 0 Å². The van der Waals surface area contributed by atoms with E-state index in [0.717, 1.165) is 36.0 Å². The second-order valence-corrected chi connectivity index (χ2v) is 21.2. The van der Waals surface area contributed by atoms with Crippen molar-refractivity contribution in [3.63, 3.8) is 0 Å². The average Bonchev–Trinajstić information content (AvgIpc) is 3.36. The molecule has 0 bridgehead atoms. The van der Waals surface area contributed by atoms with Crippen LogP contribution in [0.3, 0.4) is 0 Å². The summed E-state index contributed by atoms with van der Waals surface area (Å²) in [6.07, 6.45) is -8.02. The van der Waals surface area contributed by atoms with Crippen molar-refractivity contribution in [2.75, 3.05) is 40.8 Å². The van der Waals surface area contributed by atoms with Crippen molar-refractivity contribution in [2.45, 2.75) is 199 Å². The summed E-state index contributed by atoms with van der Waals surface area (Å²) in [6, 6.07) is 17.2. The summed E-state index contributed by atoms with van der Waals surface area (Å²) in [7, 11) is 4.99. The molecule has 3 heterocycles. The van der Waals surface area contributed by atoms with E-state index in [-0.39, 0.29) is 38.5 Å². The minimum Gasteiger partial charge on any atom is -0.489 e. The lowest BCUT2D eigenvalue weighted by Crippen LogP contribution is -2.67. The summed E-state index contributed by atoms with van der Waals surface area (Å²) in [5.41, 5.74) is 0.798. The Morgan fingerprint density at radius 2 is 1.60 bits per heavy atom. The third-order valence-corrected chi connectivity index (χ3v) is 15.0. The van der Waals surface area contributed by atoms with E-state index in [1.807, 2.05) is 55.5 Å². The number of likely N-dealkylation sites (N-methyl/N-ethyl adjacent to an activating group) is 1. The van der Waals surface area contributed by atoms with Crippen LogP contribution in [0.2, 0.25) is 0 Å². The quantitative estimate of drug-likeness (QED) is 0.0936. The Morgan fingerprint density at radius 3 is 2.25 bits per heavy atom. The molecule has 420 valence electrons. The smallest absolute Gasteiger partial charge is 0.309 e. The molecule has 3 saturated heterocycles. The molecule has 16 atom stereocenters. The molecule has 0 saturated carbocycles. The fraction of sp³-hybridized carbons (Fsp3) is 0.702. The number of aliphatic hydroxyl groups excluding tert-OH is 2. The van der Waals surface area contributed by atoms with E-state index >= 15 is 0 Å². The van der Waals surface area contributed by atoms with E-state index < -0.39 is 121 Å². The zero-order valence-electron chi connectivity index (χ0n) is 46.1. The number of para-hydroxylation sites is 1. The Hall–Kier alpha value is -4.53. The molecule has 18 heteroatoms. The summed E-state index contributed by atoms with van der Waals surface area (Å²) in [5, 5.41) is 25.0. The van der Waals surface area contributed by atoms with E-state index in [2.05, 4.69) is 11.0 Å². The van der Waals surface area contributed by atoms with E-state index in [1.54, 1.807) is 60.5 Å². The Balaban J connectivity index is 1.45. The molecule has 2 aromatic rings. The number of aryl methyl sites for hydroxylation is 1. The topological polar surface area (TPSA) is 215 Å². The molecule has 2 aromatic carbocycles. The molecular weight excluding hydrogens is 969 g/mol. The number of nitrogens with zero attached hydrogens (tertiary/aromatic N) is 2. The molecule has 3 fully saturated rings. The predicted octanol–water partition coefficient (Wildman–Crippen LogP) is 6.01. The van der Waals surface area contributed by atoms with Crippen LogP contribution in [0.25, 0.3) is 0 Å².